The van der Waals surface area contributed by atoms with Gasteiger partial charge in [0.15, 0.2) is 0 Å². The van der Waals surface area contributed by atoms with Gasteiger partial charge in [0.2, 0.25) is 5.91 Å². The van der Waals surface area contributed by atoms with Gasteiger partial charge in [0, 0.05) is 11.6 Å². The molecule has 0 fully saturated rings. The first-order valence-electron chi connectivity index (χ1n) is 10.0. The van der Waals surface area contributed by atoms with Crippen molar-refractivity contribution in [1.29, 1.82) is 0 Å². The molecule has 0 atom stereocenters. The van der Waals surface area contributed by atoms with Crippen LogP contribution in [0.2, 0.25) is 5.02 Å². The van der Waals surface area contributed by atoms with Crippen molar-refractivity contribution < 1.29 is 17.9 Å². The number of aryl methyl sites for hydroxylation is 1. The summed E-state index contributed by atoms with van der Waals surface area (Å²) in [6, 6.07) is 20.6. The second-order valence-corrected chi connectivity index (χ2v) is 9.53. The molecule has 0 spiro atoms. The van der Waals surface area contributed by atoms with Crippen LogP contribution in [0.4, 0.5) is 5.69 Å². The minimum absolute atomic E-state index is 0.0949. The van der Waals surface area contributed by atoms with Crippen LogP contribution in [0, 0.1) is 6.92 Å². The lowest BCUT2D eigenvalue weighted by atomic mass is 10.1. The summed E-state index contributed by atoms with van der Waals surface area (Å²) in [6.45, 7) is 1.84. The van der Waals surface area contributed by atoms with E-state index in [9.17, 15) is 13.2 Å². The van der Waals surface area contributed by atoms with Gasteiger partial charge < -0.3 is 10.1 Å². The predicted octanol–water partition coefficient (Wildman–Crippen LogP) is 4.21. The molecule has 0 heterocycles. The zero-order chi connectivity index (χ0) is 23.1. The Morgan fingerprint density at radius 1 is 1.03 bits per heavy atom. The van der Waals surface area contributed by atoms with Crippen molar-refractivity contribution in [2.45, 2.75) is 18.2 Å². The molecular weight excluding hydrogens is 448 g/mol. The summed E-state index contributed by atoms with van der Waals surface area (Å²) in [5.74, 6) is -0.0499. The monoisotopic (exact) mass is 472 g/mol. The van der Waals surface area contributed by atoms with Gasteiger partial charge in [0.1, 0.15) is 12.3 Å². The molecule has 0 aliphatic carbocycles. The molecule has 0 unspecified atom stereocenters. The minimum atomic E-state index is -4.00. The molecule has 0 aliphatic rings. The Labute approximate surface area is 193 Å². The molecule has 1 amide bonds. The van der Waals surface area contributed by atoms with Crippen LogP contribution in [0.1, 0.15) is 11.1 Å². The highest BCUT2D eigenvalue weighted by molar-refractivity contribution is 7.92. The van der Waals surface area contributed by atoms with E-state index in [2.05, 4.69) is 5.32 Å². The minimum Gasteiger partial charge on any atom is -0.495 e. The third kappa shape index (κ3) is 5.81. The fourth-order valence-corrected chi connectivity index (χ4v) is 4.77. The molecule has 3 aromatic rings. The SMILES string of the molecule is COc1ccc(C)cc1N(CC(=O)NCCc1ccc(Cl)cc1)S(=O)(=O)c1ccccc1. The topological polar surface area (TPSA) is 75.7 Å². The fraction of sp³-hybridized carbons (Fsp3) is 0.208. The highest BCUT2D eigenvalue weighted by Crippen LogP contribution is 2.33. The van der Waals surface area contributed by atoms with Crippen LogP contribution in [0.15, 0.2) is 77.7 Å². The third-order valence-electron chi connectivity index (χ3n) is 4.87. The predicted molar refractivity (Wildman–Crippen MR) is 127 cm³/mol. The molecule has 0 saturated carbocycles. The van der Waals surface area contributed by atoms with Gasteiger partial charge >= 0.3 is 0 Å². The normalized spacial score (nSPS) is 11.1. The molecule has 0 radical (unpaired) electrons. The van der Waals surface area contributed by atoms with E-state index >= 15 is 0 Å². The number of nitrogens with one attached hydrogen (secondary N) is 1. The molecule has 0 aromatic heterocycles. The van der Waals surface area contributed by atoms with Crippen molar-refractivity contribution in [3.05, 3.63) is 88.9 Å². The number of carbonyl (C=O) groups excluding carboxylic acids is 1. The van der Waals surface area contributed by atoms with Gasteiger partial charge in [-0.05, 0) is 60.9 Å². The Morgan fingerprint density at radius 3 is 2.38 bits per heavy atom. The molecule has 0 saturated heterocycles. The van der Waals surface area contributed by atoms with E-state index in [1.165, 1.54) is 19.2 Å². The Balaban J connectivity index is 1.84. The highest BCUT2D eigenvalue weighted by Gasteiger charge is 2.29. The van der Waals surface area contributed by atoms with Crippen LogP contribution in [0.3, 0.4) is 0 Å². The van der Waals surface area contributed by atoms with E-state index in [1.54, 1.807) is 42.5 Å². The van der Waals surface area contributed by atoms with Crippen molar-refractivity contribution >= 4 is 33.2 Å². The lowest BCUT2D eigenvalue weighted by Gasteiger charge is -2.26. The first kappa shape index (κ1) is 23.6. The maximum Gasteiger partial charge on any atom is 0.264 e. The molecule has 3 rings (SSSR count). The number of methoxy groups -OCH3 is 1. The standard InChI is InChI=1S/C24H25ClN2O4S/c1-18-8-13-23(31-2)22(16-18)27(32(29,30)21-6-4-3-5-7-21)17-24(28)26-15-14-19-9-11-20(25)12-10-19/h3-13,16H,14-15,17H2,1-2H3,(H,26,28). The number of hydrogen-bond donors (Lipinski definition) is 1. The molecule has 8 heteroatoms. The second kappa shape index (κ2) is 10.5. The lowest BCUT2D eigenvalue weighted by molar-refractivity contribution is -0.119. The maximum absolute atomic E-state index is 13.5. The van der Waals surface area contributed by atoms with Crippen LogP contribution in [-0.2, 0) is 21.2 Å². The number of halogens is 1. The summed E-state index contributed by atoms with van der Waals surface area (Å²) in [5.41, 5.74) is 2.17. The van der Waals surface area contributed by atoms with Crippen molar-refractivity contribution in [2.75, 3.05) is 24.5 Å². The molecule has 0 bridgehead atoms. The zero-order valence-electron chi connectivity index (χ0n) is 17.9. The number of nitrogens with zero attached hydrogens (tertiary/aromatic N) is 1. The van der Waals surface area contributed by atoms with Crippen molar-refractivity contribution in [3.63, 3.8) is 0 Å². The van der Waals surface area contributed by atoms with E-state index in [0.29, 0.717) is 29.4 Å². The largest absolute Gasteiger partial charge is 0.495 e. The Hall–Kier alpha value is -3.03. The average molecular weight is 473 g/mol. The molecule has 32 heavy (non-hydrogen) atoms. The fourth-order valence-electron chi connectivity index (χ4n) is 3.20. The number of rotatable bonds is 9. The van der Waals surface area contributed by atoms with Gasteiger partial charge in [-0.15, -0.1) is 0 Å². The van der Waals surface area contributed by atoms with E-state index in [0.717, 1.165) is 15.4 Å². The summed E-state index contributed by atoms with van der Waals surface area (Å²) in [7, 11) is -2.54. The summed E-state index contributed by atoms with van der Waals surface area (Å²) < 4.78 is 33.4. The third-order valence-corrected chi connectivity index (χ3v) is 6.90. The maximum atomic E-state index is 13.5. The summed E-state index contributed by atoms with van der Waals surface area (Å²) >= 11 is 5.90. The van der Waals surface area contributed by atoms with Gasteiger partial charge in [-0.3, -0.25) is 9.10 Å². The van der Waals surface area contributed by atoms with Crippen LogP contribution < -0.4 is 14.4 Å². The smallest absolute Gasteiger partial charge is 0.264 e. The van der Waals surface area contributed by atoms with Crippen LogP contribution >= 0.6 is 11.6 Å². The molecule has 168 valence electrons. The van der Waals surface area contributed by atoms with E-state index < -0.39 is 15.9 Å². The number of hydrogen-bond acceptors (Lipinski definition) is 4. The van der Waals surface area contributed by atoms with Gasteiger partial charge in [-0.1, -0.05) is 48.0 Å². The van der Waals surface area contributed by atoms with Crippen LogP contribution in [0.25, 0.3) is 0 Å². The van der Waals surface area contributed by atoms with Gasteiger partial charge in [0.25, 0.3) is 10.0 Å². The van der Waals surface area contributed by atoms with Gasteiger partial charge in [0.05, 0.1) is 17.7 Å². The Bertz CT molecular complexity index is 1170. The zero-order valence-corrected chi connectivity index (χ0v) is 19.5. The number of ether oxygens (including phenoxy) is 1. The molecular formula is C24H25ClN2O4S. The van der Waals surface area contributed by atoms with Gasteiger partial charge in [-0.2, -0.15) is 0 Å². The molecule has 3 aromatic carbocycles. The first-order chi connectivity index (χ1) is 15.3. The van der Waals surface area contributed by atoms with Crippen molar-refractivity contribution in [1.82, 2.24) is 5.32 Å². The Morgan fingerprint density at radius 2 is 1.72 bits per heavy atom. The van der Waals surface area contributed by atoms with E-state index in [1.807, 2.05) is 25.1 Å². The van der Waals surface area contributed by atoms with Crippen molar-refractivity contribution in [2.24, 2.45) is 0 Å². The summed E-state index contributed by atoms with van der Waals surface area (Å²) in [4.78, 5) is 12.8. The van der Waals surface area contributed by atoms with Crippen molar-refractivity contribution in [3.8, 4) is 5.75 Å². The number of amides is 1. The van der Waals surface area contributed by atoms with E-state index in [4.69, 9.17) is 16.3 Å². The first-order valence-corrected chi connectivity index (χ1v) is 11.9. The summed E-state index contributed by atoms with van der Waals surface area (Å²) in [6.07, 6.45) is 0.599. The highest BCUT2D eigenvalue weighted by atomic mass is 35.5. The van der Waals surface area contributed by atoms with Crippen LogP contribution in [0.5, 0.6) is 5.75 Å². The average Bonchev–Trinajstić information content (AvgIpc) is 2.79. The van der Waals surface area contributed by atoms with Gasteiger partial charge in [-0.25, -0.2) is 8.42 Å². The molecule has 0 aliphatic heterocycles. The quantitative estimate of drug-likeness (QED) is 0.506. The summed E-state index contributed by atoms with van der Waals surface area (Å²) in [5, 5.41) is 3.45. The number of anilines is 1. The van der Waals surface area contributed by atoms with E-state index in [-0.39, 0.29) is 11.4 Å². The molecule has 6 nitrogen and oxygen atoms in total. The molecule has 1 N–H and O–H groups in total. The number of sulfonamides is 1. The second-order valence-electron chi connectivity index (χ2n) is 7.23. The number of carbonyl (C=O) groups is 1. The Kier molecular flexibility index (Phi) is 7.77. The lowest BCUT2D eigenvalue weighted by Crippen LogP contribution is -2.41. The number of benzene rings is 3. The van der Waals surface area contributed by atoms with Crippen LogP contribution in [-0.4, -0.2) is 34.5 Å².